The second-order valence-electron chi connectivity index (χ2n) is 11.6. The van der Waals surface area contributed by atoms with Gasteiger partial charge in [0.05, 0.1) is 0 Å². The second-order valence-corrected chi connectivity index (χ2v) is 11.6. The molecule has 214 valence electrons. The summed E-state index contributed by atoms with van der Waals surface area (Å²) >= 11 is 0. The van der Waals surface area contributed by atoms with E-state index in [-0.39, 0.29) is 0 Å². The van der Waals surface area contributed by atoms with Crippen molar-refractivity contribution in [2.24, 2.45) is 0 Å². The van der Waals surface area contributed by atoms with Crippen LogP contribution in [0, 0.1) is 0 Å². The first-order valence-corrected chi connectivity index (χ1v) is 15.5. The van der Waals surface area contributed by atoms with E-state index < -0.39 is 0 Å². The van der Waals surface area contributed by atoms with Gasteiger partial charge >= 0.3 is 0 Å². The molecule has 9 rings (SSSR count). The lowest BCUT2D eigenvalue weighted by molar-refractivity contribution is 1.07. The summed E-state index contributed by atoms with van der Waals surface area (Å²) in [5.41, 5.74) is 5.08. The highest BCUT2D eigenvalue weighted by Crippen LogP contribution is 2.41. The van der Waals surface area contributed by atoms with Gasteiger partial charge in [0.2, 0.25) is 0 Å². The second kappa shape index (κ2) is 10.8. The minimum absolute atomic E-state index is 0.650. The van der Waals surface area contributed by atoms with E-state index in [2.05, 4.69) is 103 Å². The Morgan fingerprint density at radius 3 is 1.48 bits per heavy atom. The Balaban J connectivity index is 1.31. The molecule has 0 aliphatic heterocycles. The summed E-state index contributed by atoms with van der Waals surface area (Å²) in [5.74, 6) is 1.96. The van der Waals surface area contributed by atoms with E-state index in [1.165, 1.54) is 43.1 Å². The first-order chi connectivity index (χ1) is 22.8. The average molecular weight is 586 g/mol. The van der Waals surface area contributed by atoms with E-state index in [0.717, 1.165) is 27.8 Å². The molecule has 1 heterocycles. The van der Waals surface area contributed by atoms with Crippen molar-refractivity contribution in [1.29, 1.82) is 0 Å². The SMILES string of the molecule is c1ccc(-c2nc(-c3ccccc3)nc(-c3ccccc3-c3ccc4c5ccccc5c5ccc6ccccc6c5c4c3)n2)cc1. The van der Waals surface area contributed by atoms with Crippen molar-refractivity contribution < 1.29 is 0 Å². The van der Waals surface area contributed by atoms with Crippen LogP contribution < -0.4 is 0 Å². The molecular formula is C43H27N3. The van der Waals surface area contributed by atoms with Crippen molar-refractivity contribution in [2.45, 2.75) is 0 Å². The Bertz CT molecular complexity index is 2520. The van der Waals surface area contributed by atoms with Gasteiger partial charge in [-0.3, -0.25) is 0 Å². The van der Waals surface area contributed by atoms with Crippen LogP contribution in [-0.4, -0.2) is 15.0 Å². The third-order valence-corrected chi connectivity index (χ3v) is 8.90. The molecule has 8 aromatic carbocycles. The largest absolute Gasteiger partial charge is 0.208 e. The topological polar surface area (TPSA) is 38.7 Å². The van der Waals surface area contributed by atoms with Crippen LogP contribution in [-0.2, 0) is 0 Å². The molecule has 9 aromatic rings. The van der Waals surface area contributed by atoms with Crippen LogP contribution >= 0.6 is 0 Å². The Hall–Kier alpha value is -6.19. The fourth-order valence-corrected chi connectivity index (χ4v) is 6.75. The molecule has 0 atom stereocenters. The highest BCUT2D eigenvalue weighted by atomic mass is 15.0. The average Bonchev–Trinajstić information content (AvgIpc) is 3.15. The summed E-state index contributed by atoms with van der Waals surface area (Å²) in [6.07, 6.45) is 0. The summed E-state index contributed by atoms with van der Waals surface area (Å²) in [4.78, 5) is 15.0. The molecule has 0 fully saturated rings. The Morgan fingerprint density at radius 2 is 0.783 bits per heavy atom. The lowest BCUT2D eigenvalue weighted by Crippen LogP contribution is -2.01. The van der Waals surface area contributed by atoms with E-state index in [4.69, 9.17) is 15.0 Å². The van der Waals surface area contributed by atoms with Crippen molar-refractivity contribution in [2.75, 3.05) is 0 Å². The van der Waals surface area contributed by atoms with Crippen molar-refractivity contribution in [3.8, 4) is 45.3 Å². The zero-order valence-corrected chi connectivity index (χ0v) is 24.9. The molecule has 0 aliphatic carbocycles. The van der Waals surface area contributed by atoms with Crippen LogP contribution in [0.4, 0.5) is 0 Å². The summed E-state index contributed by atoms with van der Waals surface area (Å²) in [5, 5.41) is 10.1. The number of nitrogens with zero attached hydrogens (tertiary/aromatic N) is 3. The molecule has 0 unspecified atom stereocenters. The van der Waals surface area contributed by atoms with Gasteiger partial charge in [-0.2, -0.15) is 0 Å². The first-order valence-electron chi connectivity index (χ1n) is 15.5. The number of fused-ring (bicyclic) bond motifs is 8. The standard InChI is InChI=1S/C43H27N3/c1-3-14-29(15-4-1)41-44-42(30-16-5-2-6-17-30)46-43(45-41)38-22-12-9-18-32(38)31-24-25-36-34-20-10-11-21-35(34)37-26-23-28-13-7-8-19-33(28)40(37)39(36)27-31/h1-27H. The van der Waals surface area contributed by atoms with Gasteiger partial charge < -0.3 is 0 Å². The smallest absolute Gasteiger partial charge is 0.164 e. The monoisotopic (exact) mass is 585 g/mol. The molecule has 1 aromatic heterocycles. The number of aromatic nitrogens is 3. The fourth-order valence-electron chi connectivity index (χ4n) is 6.75. The summed E-state index contributed by atoms with van der Waals surface area (Å²) in [7, 11) is 0. The normalized spacial score (nSPS) is 11.5. The molecule has 0 radical (unpaired) electrons. The van der Waals surface area contributed by atoms with Crippen molar-refractivity contribution in [3.05, 3.63) is 164 Å². The predicted octanol–water partition coefficient (Wildman–Crippen LogP) is 11.2. The maximum absolute atomic E-state index is 5.06. The maximum atomic E-state index is 5.06. The highest BCUT2D eigenvalue weighted by molar-refractivity contribution is 6.31. The van der Waals surface area contributed by atoms with Crippen LogP contribution in [0.25, 0.3) is 88.4 Å². The molecule has 0 aliphatic rings. The zero-order valence-electron chi connectivity index (χ0n) is 24.9. The molecule has 3 heteroatoms. The van der Waals surface area contributed by atoms with E-state index >= 15 is 0 Å². The van der Waals surface area contributed by atoms with Crippen molar-refractivity contribution in [3.63, 3.8) is 0 Å². The molecule has 46 heavy (non-hydrogen) atoms. The van der Waals surface area contributed by atoms with Crippen molar-refractivity contribution in [1.82, 2.24) is 15.0 Å². The number of hydrogen-bond donors (Lipinski definition) is 0. The van der Waals surface area contributed by atoms with E-state index in [0.29, 0.717) is 17.5 Å². The summed E-state index contributed by atoms with van der Waals surface area (Å²) in [6.45, 7) is 0. The van der Waals surface area contributed by atoms with Crippen LogP contribution in [0.3, 0.4) is 0 Å². The van der Waals surface area contributed by atoms with Gasteiger partial charge in [0, 0.05) is 16.7 Å². The molecule has 0 bridgehead atoms. The van der Waals surface area contributed by atoms with Gasteiger partial charge in [-0.1, -0.05) is 158 Å². The van der Waals surface area contributed by atoms with Crippen LogP contribution in [0.1, 0.15) is 0 Å². The van der Waals surface area contributed by atoms with Gasteiger partial charge in [0.25, 0.3) is 0 Å². The molecule has 0 amide bonds. The highest BCUT2D eigenvalue weighted by Gasteiger charge is 2.17. The maximum Gasteiger partial charge on any atom is 0.164 e. The Kier molecular flexibility index (Phi) is 6.14. The predicted molar refractivity (Wildman–Crippen MR) is 192 cm³/mol. The van der Waals surface area contributed by atoms with Gasteiger partial charge in [0.1, 0.15) is 0 Å². The number of benzene rings is 8. The summed E-state index contributed by atoms with van der Waals surface area (Å²) < 4.78 is 0. The first kappa shape index (κ1) is 26.2. The van der Waals surface area contributed by atoms with E-state index in [1.807, 2.05) is 60.7 Å². The number of rotatable bonds is 4. The number of hydrogen-bond acceptors (Lipinski definition) is 3. The Labute approximate surface area is 266 Å². The minimum Gasteiger partial charge on any atom is -0.208 e. The molecular weight excluding hydrogens is 558 g/mol. The van der Waals surface area contributed by atoms with E-state index in [9.17, 15) is 0 Å². The van der Waals surface area contributed by atoms with Gasteiger partial charge in [-0.15, -0.1) is 0 Å². The van der Waals surface area contributed by atoms with Gasteiger partial charge in [-0.05, 0) is 60.3 Å². The molecule has 0 saturated heterocycles. The molecule has 0 N–H and O–H groups in total. The third kappa shape index (κ3) is 4.33. The Morgan fingerprint density at radius 1 is 0.283 bits per heavy atom. The van der Waals surface area contributed by atoms with E-state index in [1.54, 1.807) is 0 Å². The quantitative estimate of drug-likeness (QED) is 0.193. The van der Waals surface area contributed by atoms with Crippen LogP contribution in [0.2, 0.25) is 0 Å². The molecule has 0 spiro atoms. The fraction of sp³-hybridized carbons (Fsp3) is 0. The van der Waals surface area contributed by atoms with Crippen LogP contribution in [0.5, 0.6) is 0 Å². The lowest BCUT2D eigenvalue weighted by Gasteiger charge is -2.15. The molecule has 3 nitrogen and oxygen atoms in total. The molecule has 0 saturated carbocycles. The lowest BCUT2D eigenvalue weighted by atomic mass is 9.89. The van der Waals surface area contributed by atoms with Crippen LogP contribution in [0.15, 0.2) is 164 Å². The zero-order chi connectivity index (χ0) is 30.5. The van der Waals surface area contributed by atoms with Crippen molar-refractivity contribution >= 4 is 43.1 Å². The summed E-state index contributed by atoms with van der Waals surface area (Å²) in [6, 6.07) is 57.5. The third-order valence-electron chi connectivity index (χ3n) is 8.90. The minimum atomic E-state index is 0.650. The van der Waals surface area contributed by atoms with Gasteiger partial charge in [-0.25, -0.2) is 15.0 Å². The van der Waals surface area contributed by atoms with Gasteiger partial charge in [0.15, 0.2) is 17.5 Å².